The van der Waals surface area contributed by atoms with Crippen molar-refractivity contribution in [2.75, 3.05) is 6.61 Å². The summed E-state index contributed by atoms with van der Waals surface area (Å²) >= 11 is 0. The second-order valence-electron chi connectivity index (χ2n) is 6.77. The number of hydrogen-bond acceptors (Lipinski definition) is 5. The van der Waals surface area contributed by atoms with E-state index in [9.17, 15) is 18.0 Å². The molecule has 0 atom stereocenters. The average Bonchev–Trinajstić information content (AvgIpc) is 3.03. The number of alkyl halides is 3. The third-order valence-electron chi connectivity index (χ3n) is 3.89. The lowest BCUT2D eigenvalue weighted by molar-refractivity contribution is -0.139. The van der Waals surface area contributed by atoms with Crippen molar-refractivity contribution in [1.82, 2.24) is 25.1 Å². The van der Waals surface area contributed by atoms with Crippen molar-refractivity contribution in [3.63, 3.8) is 0 Å². The molecule has 0 aromatic carbocycles. The van der Waals surface area contributed by atoms with E-state index in [1.54, 1.807) is 23.0 Å². The molecule has 3 heterocycles. The number of nitrogens with zero attached hydrogens (tertiary/aromatic N) is 4. The Labute approximate surface area is 164 Å². The van der Waals surface area contributed by atoms with Crippen LogP contribution in [0.1, 0.15) is 36.3 Å². The monoisotopic (exact) mass is 407 g/mol. The zero-order valence-corrected chi connectivity index (χ0v) is 15.9. The van der Waals surface area contributed by atoms with E-state index in [0.717, 1.165) is 5.56 Å². The minimum atomic E-state index is -4.26. The Morgan fingerprint density at radius 3 is 2.69 bits per heavy atom. The van der Waals surface area contributed by atoms with Crippen LogP contribution in [-0.4, -0.2) is 44.5 Å². The Kier molecular flexibility index (Phi) is 6.00. The lowest BCUT2D eigenvalue weighted by atomic mass is 10.2. The van der Waals surface area contributed by atoms with Crippen molar-refractivity contribution in [2.45, 2.75) is 39.0 Å². The first kappa shape index (κ1) is 20.6. The summed E-state index contributed by atoms with van der Waals surface area (Å²) in [7, 11) is 0. The zero-order valence-electron chi connectivity index (χ0n) is 15.9. The van der Waals surface area contributed by atoms with Crippen LogP contribution in [0.5, 0.6) is 5.88 Å². The van der Waals surface area contributed by atoms with Crippen molar-refractivity contribution in [2.24, 2.45) is 0 Å². The van der Waals surface area contributed by atoms with Gasteiger partial charge in [0.1, 0.15) is 5.69 Å². The first-order valence-electron chi connectivity index (χ1n) is 8.99. The van der Waals surface area contributed by atoms with Crippen molar-refractivity contribution >= 4 is 16.8 Å². The Hall–Kier alpha value is -3.17. The SMILES string of the molecule is CC(C)NC(=O)c1nccc2nn(Cc3ccc(OCCC(F)(F)F)nc3)cc12. The highest BCUT2D eigenvalue weighted by Crippen LogP contribution is 2.20. The minimum absolute atomic E-state index is 0.0162. The third-order valence-corrected chi connectivity index (χ3v) is 3.89. The van der Waals surface area contributed by atoms with Crippen LogP contribution in [0.3, 0.4) is 0 Å². The fourth-order valence-electron chi connectivity index (χ4n) is 2.63. The Morgan fingerprint density at radius 2 is 2.03 bits per heavy atom. The van der Waals surface area contributed by atoms with Crippen LogP contribution in [-0.2, 0) is 6.54 Å². The number of fused-ring (bicyclic) bond motifs is 1. The number of halogens is 3. The van der Waals surface area contributed by atoms with Gasteiger partial charge in [-0.25, -0.2) is 4.98 Å². The van der Waals surface area contributed by atoms with Crippen molar-refractivity contribution in [3.8, 4) is 5.88 Å². The molecule has 0 unspecified atom stereocenters. The summed E-state index contributed by atoms with van der Waals surface area (Å²) < 4.78 is 43.1. The van der Waals surface area contributed by atoms with Gasteiger partial charge in [-0.15, -0.1) is 0 Å². The van der Waals surface area contributed by atoms with Gasteiger partial charge in [0.05, 0.1) is 30.5 Å². The minimum Gasteiger partial charge on any atom is -0.477 e. The molecule has 29 heavy (non-hydrogen) atoms. The normalized spacial score (nSPS) is 11.8. The van der Waals surface area contributed by atoms with Crippen LogP contribution in [0.4, 0.5) is 13.2 Å². The smallest absolute Gasteiger partial charge is 0.392 e. The molecular formula is C19H20F3N5O2. The predicted molar refractivity (Wildman–Crippen MR) is 99.6 cm³/mol. The summed E-state index contributed by atoms with van der Waals surface area (Å²) in [5.74, 6) is -0.146. The van der Waals surface area contributed by atoms with E-state index < -0.39 is 19.2 Å². The second kappa shape index (κ2) is 8.46. The van der Waals surface area contributed by atoms with Gasteiger partial charge >= 0.3 is 6.18 Å². The number of amides is 1. The molecule has 0 aliphatic rings. The Balaban J connectivity index is 1.69. The van der Waals surface area contributed by atoms with Crippen LogP contribution in [0.2, 0.25) is 0 Å². The zero-order chi connectivity index (χ0) is 21.0. The number of hydrogen-bond donors (Lipinski definition) is 1. The van der Waals surface area contributed by atoms with E-state index in [0.29, 0.717) is 23.1 Å². The van der Waals surface area contributed by atoms with Gasteiger partial charge in [-0.3, -0.25) is 14.5 Å². The van der Waals surface area contributed by atoms with Crippen molar-refractivity contribution in [1.29, 1.82) is 0 Å². The van der Waals surface area contributed by atoms with Gasteiger partial charge < -0.3 is 10.1 Å². The molecule has 0 saturated heterocycles. The molecule has 0 aliphatic carbocycles. The van der Waals surface area contributed by atoms with Crippen molar-refractivity contribution in [3.05, 3.63) is 48.0 Å². The van der Waals surface area contributed by atoms with Gasteiger partial charge in [0.25, 0.3) is 5.91 Å². The summed E-state index contributed by atoms with van der Waals surface area (Å²) in [5.41, 5.74) is 1.71. The summed E-state index contributed by atoms with van der Waals surface area (Å²) in [5, 5.41) is 7.88. The molecule has 3 aromatic rings. The second-order valence-corrected chi connectivity index (χ2v) is 6.77. The molecule has 10 heteroatoms. The van der Waals surface area contributed by atoms with E-state index in [4.69, 9.17) is 4.74 Å². The molecule has 0 saturated carbocycles. The maximum absolute atomic E-state index is 12.3. The highest BCUT2D eigenvalue weighted by Gasteiger charge is 2.26. The van der Waals surface area contributed by atoms with Gasteiger partial charge in [-0.2, -0.15) is 18.3 Å². The van der Waals surface area contributed by atoms with Crippen LogP contribution in [0.15, 0.2) is 36.8 Å². The van der Waals surface area contributed by atoms with Crippen LogP contribution in [0.25, 0.3) is 10.9 Å². The molecule has 7 nitrogen and oxygen atoms in total. The summed E-state index contributed by atoms with van der Waals surface area (Å²) in [4.78, 5) is 20.5. The molecular weight excluding hydrogens is 387 g/mol. The number of rotatable bonds is 7. The summed E-state index contributed by atoms with van der Waals surface area (Å²) in [6.07, 6.45) is -0.520. The van der Waals surface area contributed by atoms with Crippen LogP contribution >= 0.6 is 0 Å². The number of nitrogens with one attached hydrogen (secondary N) is 1. The van der Waals surface area contributed by atoms with E-state index in [2.05, 4.69) is 20.4 Å². The van der Waals surface area contributed by atoms with E-state index in [1.807, 2.05) is 13.8 Å². The fourth-order valence-corrected chi connectivity index (χ4v) is 2.63. The molecule has 154 valence electrons. The highest BCUT2D eigenvalue weighted by atomic mass is 19.4. The third kappa shape index (κ3) is 5.66. The molecule has 3 rings (SSSR count). The molecule has 0 aliphatic heterocycles. The van der Waals surface area contributed by atoms with E-state index in [-0.39, 0.29) is 17.8 Å². The van der Waals surface area contributed by atoms with E-state index >= 15 is 0 Å². The van der Waals surface area contributed by atoms with Gasteiger partial charge in [0.15, 0.2) is 0 Å². The number of pyridine rings is 2. The Bertz CT molecular complexity index is 984. The number of aromatic nitrogens is 4. The number of carbonyl (C=O) groups is 1. The molecule has 0 bridgehead atoms. The molecule has 0 radical (unpaired) electrons. The summed E-state index contributed by atoms with van der Waals surface area (Å²) in [6, 6.07) is 4.91. The Morgan fingerprint density at radius 1 is 1.24 bits per heavy atom. The predicted octanol–water partition coefficient (Wildman–Crippen LogP) is 3.34. The summed E-state index contributed by atoms with van der Waals surface area (Å²) in [6.45, 7) is 3.63. The van der Waals surface area contributed by atoms with Gasteiger partial charge in [0, 0.05) is 30.7 Å². The van der Waals surface area contributed by atoms with Gasteiger partial charge in [0.2, 0.25) is 5.88 Å². The highest BCUT2D eigenvalue weighted by molar-refractivity contribution is 6.04. The standard InChI is InChI=1S/C19H20F3N5O2/c1-12(2)25-18(28)17-14-11-27(26-15(14)5-7-23-17)10-13-3-4-16(24-9-13)29-8-6-19(20,21)22/h3-5,7,9,11-12H,6,8,10H2,1-2H3,(H,25,28). The molecule has 0 spiro atoms. The first-order valence-corrected chi connectivity index (χ1v) is 8.99. The van der Waals surface area contributed by atoms with Crippen LogP contribution < -0.4 is 10.1 Å². The number of ether oxygens (including phenoxy) is 1. The maximum atomic E-state index is 12.3. The molecule has 1 amide bonds. The molecule has 1 N–H and O–H groups in total. The average molecular weight is 407 g/mol. The largest absolute Gasteiger partial charge is 0.477 e. The topological polar surface area (TPSA) is 81.9 Å². The van der Waals surface area contributed by atoms with Crippen LogP contribution in [0, 0.1) is 0 Å². The maximum Gasteiger partial charge on any atom is 0.392 e. The number of carbonyl (C=O) groups excluding carboxylic acids is 1. The molecule has 0 fully saturated rings. The van der Waals surface area contributed by atoms with E-state index in [1.165, 1.54) is 18.5 Å². The van der Waals surface area contributed by atoms with Gasteiger partial charge in [-0.1, -0.05) is 6.07 Å². The lowest BCUT2D eigenvalue weighted by Crippen LogP contribution is -2.30. The fraction of sp³-hybridized carbons (Fsp3) is 0.368. The quantitative estimate of drug-likeness (QED) is 0.650. The van der Waals surface area contributed by atoms with Crippen molar-refractivity contribution < 1.29 is 22.7 Å². The van der Waals surface area contributed by atoms with Gasteiger partial charge in [-0.05, 0) is 25.5 Å². The first-order chi connectivity index (χ1) is 13.7. The lowest BCUT2D eigenvalue weighted by Gasteiger charge is -2.08. The molecule has 3 aromatic heterocycles.